The molecule has 6 rings (SSSR count). The molecule has 6 aromatic rings. The molecule has 0 atom stereocenters. The predicted molar refractivity (Wildman–Crippen MR) is 204 cm³/mol. The van der Waals surface area contributed by atoms with E-state index in [0.29, 0.717) is 62.5 Å². The number of fused-ring (bicyclic) bond motifs is 1. The van der Waals surface area contributed by atoms with Crippen molar-refractivity contribution in [1.29, 1.82) is 0 Å². The van der Waals surface area contributed by atoms with Crippen LogP contribution in [-0.2, 0) is 0 Å². The molecule has 0 aliphatic heterocycles. The van der Waals surface area contributed by atoms with Crippen molar-refractivity contribution >= 4 is 10.8 Å². The predicted octanol–water partition coefficient (Wildman–Crippen LogP) is 7.15. The number of nitrogens with zero attached hydrogens (tertiary/aromatic N) is 6. The third-order valence-corrected chi connectivity index (χ3v) is 8.53. The van der Waals surface area contributed by atoms with Gasteiger partial charge in [0.25, 0.3) is 0 Å². The van der Waals surface area contributed by atoms with Gasteiger partial charge < -0.3 is 30.4 Å². The zero-order valence-electron chi connectivity index (χ0n) is 30.0. The average molecular weight is 705 g/mol. The Labute approximate surface area is 304 Å². The minimum Gasteiger partial charge on any atom is -0.490 e. The summed E-state index contributed by atoms with van der Waals surface area (Å²) in [5.74, 6) is 2.75. The molecule has 2 aromatic heterocycles. The molecule has 4 aromatic carbocycles. The number of rotatable bonds is 20. The van der Waals surface area contributed by atoms with Crippen molar-refractivity contribution in [3.8, 4) is 56.9 Å². The maximum absolute atomic E-state index is 6.09. The monoisotopic (exact) mass is 704 g/mol. The maximum Gasteiger partial charge on any atom is 0.163 e. The Hall–Kier alpha value is -5.46. The van der Waals surface area contributed by atoms with Crippen LogP contribution in [0.3, 0.4) is 0 Å². The van der Waals surface area contributed by atoms with Crippen molar-refractivity contribution < 1.29 is 18.9 Å². The topological polar surface area (TPSA) is 150 Å². The third-order valence-electron chi connectivity index (χ3n) is 8.53. The fourth-order valence-corrected chi connectivity index (χ4v) is 5.54. The van der Waals surface area contributed by atoms with Gasteiger partial charge in [0.15, 0.2) is 23.0 Å². The summed E-state index contributed by atoms with van der Waals surface area (Å²) in [6.45, 7) is 7.70. The van der Waals surface area contributed by atoms with Crippen LogP contribution in [0.15, 0.2) is 85.2 Å². The Kier molecular flexibility index (Phi) is 12.7. The lowest BCUT2D eigenvalue weighted by Gasteiger charge is -2.14. The van der Waals surface area contributed by atoms with Crippen LogP contribution >= 0.6 is 0 Å². The Morgan fingerprint density at radius 1 is 0.500 bits per heavy atom. The number of nitrogens with two attached hydrogens (primary N) is 2. The zero-order chi connectivity index (χ0) is 36.1. The van der Waals surface area contributed by atoms with Gasteiger partial charge in [0.1, 0.15) is 11.4 Å². The molecule has 0 bridgehead atoms. The van der Waals surface area contributed by atoms with Crippen LogP contribution in [0.2, 0.25) is 0 Å². The largest absolute Gasteiger partial charge is 0.490 e. The van der Waals surface area contributed by atoms with Crippen LogP contribution in [0.25, 0.3) is 44.7 Å². The standard InChI is InChI=1S/C40H48N8O4/c1-3-5-19-51-39-25-33(13-15-37(39)49-21-7-17-41)47-27-35(43-45-47)30-11-9-29-10-12-31(24-32(29)23-30)36-28-48(46-44-36)34-14-16-38(50-22-8-18-42)40(26-34)52-20-6-4-2/h9-16,23-28H,3-8,17-22,41-42H2,1-2H3. The molecule has 2 heterocycles. The highest BCUT2D eigenvalue weighted by molar-refractivity contribution is 5.90. The first-order valence-corrected chi connectivity index (χ1v) is 18.2. The van der Waals surface area contributed by atoms with E-state index in [1.165, 1.54) is 0 Å². The molecule has 0 aliphatic rings. The second-order valence-corrected chi connectivity index (χ2v) is 12.5. The van der Waals surface area contributed by atoms with Gasteiger partial charge in [-0.15, -0.1) is 10.2 Å². The van der Waals surface area contributed by atoms with Gasteiger partial charge in [-0.1, -0.05) is 61.4 Å². The second kappa shape index (κ2) is 18.2. The fraction of sp³-hybridized carbons (Fsp3) is 0.350. The molecule has 52 heavy (non-hydrogen) atoms. The summed E-state index contributed by atoms with van der Waals surface area (Å²) in [5, 5.41) is 20.1. The van der Waals surface area contributed by atoms with Gasteiger partial charge >= 0.3 is 0 Å². The molecule has 0 unspecified atom stereocenters. The van der Waals surface area contributed by atoms with Crippen molar-refractivity contribution in [3.63, 3.8) is 0 Å². The third kappa shape index (κ3) is 9.06. The van der Waals surface area contributed by atoms with E-state index in [1.54, 1.807) is 9.36 Å². The second-order valence-electron chi connectivity index (χ2n) is 12.5. The fourth-order valence-electron chi connectivity index (χ4n) is 5.54. The van der Waals surface area contributed by atoms with E-state index in [2.05, 4.69) is 70.9 Å². The molecule has 0 fully saturated rings. The minimum atomic E-state index is 0.533. The Morgan fingerprint density at radius 3 is 1.38 bits per heavy atom. The van der Waals surface area contributed by atoms with E-state index in [-0.39, 0.29) is 0 Å². The van der Waals surface area contributed by atoms with Gasteiger partial charge in [0.05, 0.1) is 50.2 Å². The van der Waals surface area contributed by atoms with Crippen LogP contribution in [0, 0.1) is 0 Å². The quantitative estimate of drug-likeness (QED) is 0.0785. The first-order valence-electron chi connectivity index (χ1n) is 18.2. The number of unbranched alkanes of at least 4 members (excludes halogenated alkanes) is 2. The summed E-state index contributed by atoms with van der Waals surface area (Å²) in [6.07, 6.45) is 9.38. The molecule has 0 radical (unpaired) electrons. The summed E-state index contributed by atoms with van der Waals surface area (Å²) < 4.78 is 27.6. The molecule has 12 heteroatoms. The molecule has 0 saturated carbocycles. The SMILES string of the molecule is CCCCOc1cc(-n2cc(-c3ccc4ccc(-c5cn(-c6ccc(OCCCN)c(OCCCC)c6)nn5)cc4c3)nn2)ccc1OCCCN. The average Bonchev–Trinajstić information content (AvgIpc) is 3.87. The molecule has 0 aliphatic carbocycles. The highest BCUT2D eigenvalue weighted by Gasteiger charge is 2.14. The Morgan fingerprint density at radius 2 is 0.942 bits per heavy atom. The Bertz CT molecular complexity index is 1900. The van der Waals surface area contributed by atoms with Gasteiger partial charge in [-0.25, -0.2) is 9.36 Å². The molecule has 0 saturated heterocycles. The normalized spacial score (nSPS) is 11.2. The van der Waals surface area contributed by atoms with Crippen molar-refractivity contribution in [2.45, 2.75) is 52.4 Å². The molecule has 12 nitrogen and oxygen atoms in total. The number of ether oxygens (including phenoxy) is 4. The molecule has 4 N–H and O–H groups in total. The van der Waals surface area contributed by atoms with Crippen LogP contribution in [-0.4, -0.2) is 69.5 Å². The minimum absolute atomic E-state index is 0.533. The van der Waals surface area contributed by atoms with E-state index in [1.807, 2.05) is 48.8 Å². The Balaban J connectivity index is 1.22. The van der Waals surface area contributed by atoms with Crippen molar-refractivity contribution in [2.24, 2.45) is 11.5 Å². The number of hydrogen-bond donors (Lipinski definition) is 2. The highest BCUT2D eigenvalue weighted by atomic mass is 16.5. The highest BCUT2D eigenvalue weighted by Crippen LogP contribution is 2.33. The smallest absolute Gasteiger partial charge is 0.163 e. The summed E-state index contributed by atoms with van der Waals surface area (Å²) in [4.78, 5) is 0. The zero-order valence-corrected chi connectivity index (χ0v) is 30.0. The van der Waals surface area contributed by atoms with Gasteiger partial charge in [0, 0.05) is 23.3 Å². The van der Waals surface area contributed by atoms with Gasteiger partial charge in [0.2, 0.25) is 0 Å². The van der Waals surface area contributed by atoms with Crippen molar-refractivity contribution in [2.75, 3.05) is 39.5 Å². The van der Waals surface area contributed by atoms with E-state index in [4.69, 9.17) is 30.4 Å². The van der Waals surface area contributed by atoms with E-state index in [9.17, 15) is 0 Å². The van der Waals surface area contributed by atoms with E-state index in [0.717, 1.165) is 83.2 Å². The van der Waals surface area contributed by atoms with E-state index < -0.39 is 0 Å². The summed E-state index contributed by atoms with van der Waals surface area (Å²) in [6, 6.07) is 24.2. The van der Waals surface area contributed by atoms with Gasteiger partial charge in [-0.05, 0) is 85.9 Å². The van der Waals surface area contributed by atoms with E-state index >= 15 is 0 Å². The molecule has 0 spiro atoms. The number of hydrogen-bond acceptors (Lipinski definition) is 10. The summed E-state index contributed by atoms with van der Waals surface area (Å²) >= 11 is 0. The van der Waals surface area contributed by atoms with Gasteiger partial charge in [-0.2, -0.15) is 0 Å². The number of aromatic nitrogens is 6. The van der Waals surface area contributed by atoms with Crippen LogP contribution < -0.4 is 30.4 Å². The van der Waals surface area contributed by atoms with Crippen LogP contribution in [0.4, 0.5) is 0 Å². The van der Waals surface area contributed by atoms with Crippen LogP contribution in [0.5, 0.6) is 23.0 Å². The van der Waals surface area contributed by atoms with Gasteiger partial charge in [-0.3, -0.25) is 0 Å². The lowest BCUT2D eigenvalue weighted by Crippen LogP contribution is -2.08. The molecule has 272 valence electrons. The first-order chi connectivity index (χ1) is 25.6. The summed E-state index contributed by atoms with van der Waals surface area (Å²) in [5.41, 5.74) is 16.4. The van der Waals surface area contributed by atoms with Crippen molar-refractivity contribution in [3.05, 3.63) is 85.2 Å². The molecule has 0 amide bonds. The molecular formula is C40H48N8O4. The summed E-state index contributed by atoms with van der Waals surface area (Å²) in [7, 11) is 0. The first kappa shape index (κ1) is 36.3. The van der Waals surface area contributed by atoms with Crippen LogP contribution in [0.1, 0.15) is 52.4 Å². The van der Waals surface area contributed by atoms with Crippen molar-refractivity contribution in [1.82, 2.24) is 30.0 Å². The lowest BCUT2D eigenvalue weighted by molar-refractivity contribution is 0.263. The number of benzene rings is 4. The maximum atomic E-state index is 6.09. The lowest BCUT2D eigenvalue weighted by atomic mass is 10.0. The molecular weight excluding hydrogens is 656 g/mol.